The van der Waals surface area contributed by atoms with Gasteiger partial charge >= 0.3 is 0 Å². The van der Waals surface area contributed by atoms with Gasteiger partial charge in [-0.3, -0.25) is 4.79 Å². The Labute approximate surface area is 118 Å². The lowest BCUT2D eigenvalue weighted by Crippen LogP contribution is -2.50. The van der Waals surface area contributed by atoms with Gasteiger partial charge in [-0.15, -0.1) is 0 Å². The SMILES string of the molecule is COc1ccc(C(=O)N2CCN(S(C)(=O)=O)CC2)cn1. The van der Waals surface area contributed by atoms with Crippen LogP contribution >= 0.6 is 0 Å². The fourth-order valence-corrected chi connectivity index (χ4v) is 2.86. The summed E-state index contributed by atoms with van der Waals surface area (Å²) in [7, 11) is -1.67. The highest BCUT2D eigenvalue weighted by molar-refractivity contribution is 7.88. The highest BCUT2D eigenvalue weighted by Gasteiger charge is 2.26. The van der Waals surface area contributed by atoms with Crippen molar-refractivity contribution >= 4 is 15.9 Å². The Morgan fingerprint density at radius 1 is 1.25 bits per heavy atom. The molecule has 0 saturated carbocycles. The molecule has 0 aromatic carbocycles. The van der Waals surface area contributed by atoms with Crippen LogP contribution in [0.5, 0.6) is 5.88 Å². The first kappa shape index (κ1) is 14.7. The molecule has 20 heavy (non-hydrogen) atoms. The molecule has 0 N–H and O–H groups in total. The molecule has 1 fully saturated rings. The summed E-state index contributed by atoms with van der Waals surface area (Å²) < 4.78 is 29.1. The maximum absolute atomic E-state index is 12.2. The van der Waals surface area contributed by atoms with Crippen molar-refractivity contribution in [3.63, 3.8) is 0 Å². The molecule has 0 atom stereocenters. The minimum Gasteiger partial charge on any atom is -0.481 e. The molecule has 0 unspecified atom stereocenters. The van der Waals surface area contributed by atoms with E-state index >= 15 is 0 Å². The van der Waals surface area contributed by atoms with Crippen molar-refractivity contribution in [2.45, 2.75) is 0 Å². The van der Waals surface area contributed by atoms with Crippen LogP contribution in [0, 0.1) is 0 Å². The number of nitrogens with zero attached hydrogens (tertiary/aromatic N) is 3. The summed E-state index contributed by atoms with van der Waals surface area (Å²) in [5.74, 6) is 0.303. The first-order valence-electron chi connectivity index (χ1n) is 6.16. The number of sulfonamides is 1. The monoisotopic (exact) mass is 299 g/mol. The summed E-state index contributed by atoms with van der Waals surface area (Å²) in [4.78, 5) is 17.9. The molecular formula is C12H17N3O4S. The highest BCUT2D eigenvalue weighted by atomic mass is 32.2. The fourth-order valence-electron chi connectivity index (χ4n) is 2.03. The molecule has 0 spiro atoms. The Kier molecular flexibility index (Phi) is 4.24. The Morgan fingerprint density at radius 3 is 2.35 bits per heavy atom. The van der Waals surface area contributed by atoms with E-state index in [1.165, 1.54) is 23.9 Å². The van der Waals surface area contributed by atoms with Gasteiger partial charge in [0.05, 0.1) is 18.9 Å². The van der Waals surface area contributed by atoms with Crippen molar-refractivity contribution in [1.82, 2.24) is 14.2 Å². The van der Waals surface area contributed by atoms with E-state index in [0.717, 1.165) is 0 Å². The average Bonchev–Trinajstić information content (AvgIpc) is 2.46. The van der Waals surface area contributed by atoms with E-state index < -0.39 is 10.0 Å². The van der Waals surface area contributed by atoms with Crippen LogP contribution in [0.25, 0.3) is 0 Å². The zero-order chi connectivity index (χ0) is 14.8. The molecule has 0 radical (unpaired) electrons. The second-order valence-electron chi connectivity index (χ2n) is 4.54. The Hall–Kier alpha value is -1.67. The largest absolute Gasteiger partial charge is 0.481 e. The number of methoxy groups -OCH3 is 1. The second-order valence-corrected chi connectivity index (χ2v) is 6.53. The molecule has 8 heteroatoms. The molecule has 1 aliphatic heterocycles. The maximum atomic E-state index is 12.2. The van der Waals surface area contributed by atoms with Gasteiger partial charge in [0.1, 0.15) is 0 Å². The van der Waals surface area contributed by atoms with Crippen LogP contribution in [0.15, 0.2) is 18.3 Å². The Bertz CT molecular complexity index is 577. The number of hydrogen-bond donors (Lipinski definition) is 0. The summed E-state index contributed by atoms with van der Waals surface area (Å²) in [6.45, 7) is 1.43. The van der Waals surface area contributed by atoms with Crippen LogP contribution in [0.2, 0.25) is 0 Å². The smallest absolute Gasteiger partial charge is 0.255 e. The van der Waals surface area contributed by atoms with Crippen LogP contribution in [-0.2, 0) is 10.0 Å². The van der Waals surface area contributed by atoms with Gasteiger partial charge in [-0.25, -0.2) is 13.4 Å². The number of aromatic nitrogens is 1. The van der Waals surface area contributed by atoms with Gasteiger partial charge in [0.15, 0.2) is 0 Å². The fraction of sp³-hybridized carbons (Fsp3) is 0.500. The number of carbonyl (C=O) groups is 1. The lowest BCUT2D eigenvalue weighted by atomic mass is 10.2. The minimum atomic E-state index is -3.18. The van der Waals surface area contributed by atoms with Gasteiger partial charge < -0.3 is 9.64 Å². The molecule has 1 saturated heterocycles. The second kappa shape index (κ2) is 5.76. The van der Waals surface area contributed by atoms with E-state index in [1.807, 2.05) is 0 Å². The molecule has 0 aliphatic carbocycles. The van der Waals surface area contributed by atoms with Crippen molar-refractivity contribution < 1.29 is 17.9 Å². The third-order valence-corrected chi connectivity index (χ3v) is 4.49. The molecule has 2 rings (SSSR count). The molecule has 1 amide bonds. The summed E-state index contributed by atoms with van der Waals surface area (Å²) >= 11 is 0. The van der Waals surface area contributed by atoms with Gasteiger partial charge in [-0.2, -0.15) is 4.31 Å². The van der Waals surface area contributed by atoms with Crippen LogP contribution in [0.1, 0.15) is 10.4 Å². The standard InChI is InChI=1S/C12H17N3O4S/c1-19-11-4-3-10(9-13-11)12(16)14-5-7-15(8-6-14)20(2,17)18/h3-4,9H,5-8H2,1-2H3. The summed E-state index contributed by atoms with van der Waals surface area (Å²) in [6, 6.07) is 3.27. The molecule has 1 aromatic heterocycles. The zero-order valence-electron chi connectivity index (χ0n) is 11.4. The molecule has 110 valence electrons. The summed E-state index contributed by atoms with van der Waals surface area (Å²) in [5, 5.41) is 0. The van der Waals surface area contributed by atoms with E-state index in [9.17, 15) is 13.2 Å². The molecule has 2 heterocycles. The first-order valence-corrected chi connectivity index (χ1v) is 8.01. The normalized spacial score (nSPS) is 17.0. The maximum Gasteiger partial charge on any atom is 0.255 e. The van der Waals surface area contributed by atoms with E-state index in [0.29, 0.717) is 37.6 Å². The third kappa shape index (κ3) is 3.26. The summed E-state index contributed by atoms with van der Waals surface area (Å²) in [6.07, 6.45) is 2.64. The van der Waals surface area contributed by atoms with Gasteiger partial charge in [0.25, 0.3) is 5.91 Å². The van der Waals surface area contributed by atoms with Crippen molar-refractivity contribution in [1.29, 1.82) is 0 Å². The number of carbonyl (C=O) groups excluding carboxylic acids is 1. The highest BCUT2D eigenvalue weighted by Crippen LogP contribution is 2.12. The Morgan fingerprint density at radius 2 is 1.90 bits per heavy atom. The van der Waals surface area contributed by atoms with Crippen LogP contribution in [-0.4, -0.2) is 68.1 Å². The number of amides is 1. The lowest BCUT2D eigenvalue weighted by molar-refractivity contribution is 0.0697. The molecule has 1 aromatic rings. The Balaban J connectivity index is 2.01. The topological polar surface area (TPSA) is 79.8 Å². The lowest BCUT2D eigenvalue weighted by Gasteiger charge is -2.33. The van der Waals surface area contributed by atoms with Gasteiger partial charge in [-0.05, 0) is 6.07 Å². The van der Waals surface area contributed by atoms with Crippen molar-refractivity contribution in [2.24, 2.45) is 0 Å². The average molecular weight is 299 g/mol. The van der Waals surface area contributed by atoms with Gasteiger partial charge in [0.2, 0.25) is 15.9 Å². The van der Waals surface area contributed by atoms with Crippen LogP contribution in [0.3, 0.4) is 0 Å². The quantitative estimate of drug-likeness (QED) is 0.773. The first-order chi connectivity index (χ1) is 9.41. The van der Waals surface area contributed by atoms with E-state index in [4.69, 9.17) is 4.74 Å². The number of pyridine rings is 1. The van der Waals surface area contributed by atoms with Crippen molar-refractivity contribution in [2.75, 3.05) is 39.5 Å². The van der Waals surface area contributed by atoms with Crippen LogP contribution < -0.4 is 4.74 Å². The van der Waals surface area contributed by atoms with Gasteiger partial charge in [0, 0.05) is 38.4 Å². The molecule has 7 nitrogen and oxygen atoms in total. The molecule has 0 bridgehead atoms. The summed E-state index contributed by atoms with van der Waals surface area (Å²) in [5.41, 5.74) is 0.471. The van der Waals surface area contributed by atoms with E-state index in [-0.39, 0.29) is 5.91 Å². The predicted molar refractivity (Wildman–Crippen MR) is 73.1 cm³/mol. The molecular weight excluding hydrogens is 282 g/mol. The minimum absolute atomic E-state index is 0.145. The van der Waals surface area contributed by atoms with Crippen molar-refractivity contribution in [3.05, 3.63) is 23.9 Å². The third-order valence-electron chi connectivity index (χ3n) is 3.19. The number of piperazine rings is 1. The van der Waals surface area contributed by atoms with Crippen LogP contribution in [0.4, 0.5) is 0 Å². The van der Waals surface area contributed by atoms with E-state index in [2.05, 4.69) is 4.98 Å². The predicted octanol–water partition coefficient (Wildman–Crippen LogP) is -0.192. The van der Waals surface area contributed by atoms with Gasteiger partial charge in [-0.1, -0.05) is 0 Å². The van der Waals surface area contributed by atoms with E-state index in [1.54, 1.807) is 17.0 Å². The number of ether oxygens (including phenoxy) is 1. The number of hydrogen-bond acceptors (Lipinski definition) is 5. The van der Waals surface area contributed by atoms with Crippen molar-refractivity contribution in [3.8, 4) is 5.88 Å². The molecule has 1 aliphatic rings. The zero-order valence-corrected chi connectivity index (χ0v) is 12.3. The number of rotatable bonds is 3.